The summed E-state index contributed by atoms with van der Waals surface area (Å²) in [6.07, 6.45) is 7.10. The van der Waals surface area contributed by atoms with Gasteiger partial charge in [-0.15, -0.1) is 0 Å². The summed E-state index contributed by atoms with van der Waals surface area (Å²) in [5, 5.41) is 13.3. The molecular formula is C14H25NO3. The van der Waals surface area contributed by atoms with Crippen molar-refractivity contribution in [2.24, 2.45) is 11.8 Å². The van der Waals surface area contributed by atoms with Crippen LogP contribution in [0.3, 0.4) is 0 Å². The Labute approximate surface area is 109 Å². The van der Waals surface area contributed by atoms with Crippen LogP contribution < -0.4 is 5.32 Å². The lowest BCUT2D eigenvalue weighted by atomic mass is 9.86. The minimum atomic E-state index is -0.107. The smallest absolute Gasteiger partial charge is 0.308 e. The number of ether oxygens (including phenoxy) is 1. The van der Waals surface area contributed by atoms with E-state index in [-0.39, 0.29) is 18.0 Å². The van der Waals surface area contributed by atoms with Crippen molar-refractivity contribution in [2.45, 2.75) is 57.1 Å². The molecule has 4 nitrogen and oxygen atoms in total. The Kier molecular flexibility index (Phi) is 5.01. The van der Waals surface area contributed by atoms with Crippen LogP contribution in [0.25, 0.3) is 0 Å². The summed E-state index contributed by atoms with van der Waals surface area (Å²) >= 11 is 0. The molecule has 2 fully saturated rings. The van der Waals surface area contributed by atoms with Crippen molar-refractivity contribution < 1.29 is 14.6 Å². The molecule has 0 aliphatic heterocycles. The van der Waals surface area contributed by atoms with Crippen molar-refractivity contribution >= 4 is 5.97 Å². The highest BCUT2D eigenvalue weighted by Gasteiger charge is 2.29. The van der Waals surface area contributed by atoms with Gasteiger partial charge in [-0.2, -0.15) is 0 Å². The number of rotatable bonds is 4. The lowest BCUT2D eigenvalue weighted by molar-refractivity contribution is -0.146. The van der Waals surface area contributed by atoms with Crippen LogP contribution in [0.2, 0.25) is 0 Å². The highest BCUT2D eigenvalue weighted by atomic mass is 16.5. The fraction of sp³-hybridized carbons (Fsp3) is 0.929. The first-order chi connectivity index (χ1) is 8.70. The third-order valence-corrected chi connectivity index (χ3v) is 4.55. The van der Waals surface area contributed by atoms with E-state index in [2.05, 4.69) is 5.32 Å². The minimum Gasteiger partial charge on any atom is -0.469 e. The fourth-order valence-corrected chi connectivity index (χ4v) is 3.27. The third-order valence-electron chi connectivity index (χ3n) is 4.55. The molecule has 0 bridgehead atoms. The molecule has 2 atom stereocenters. The normalized spacial score (nSPS) is 36.6. The van der Waals surface area contributed by atoms with Gasteiger partial charge in [-0.3, -0.25) is 4.79 Å². The van der Waals surface area contributed by atoms with E-state index < -0.39 is 0 Å². The van der Waals surface area contributed by atoms with Gasteiger partial charge in [0.1, 0.15) is 0 Å². The van der Waals surface area contributed by atoms with Gasteiger partial charge in [-0.25, -0.2) is 0 Å². The predicted octanol–water partition coefficient (Wildman–Crippen LogP) is 1.47. The number of hydrogen-bond donors (Lipinski definition) is 2. The maximum Gasteiger partial charge on any atom is 0.308 e. The number of nitrogens with one attached hydrogen (secondary N) is 1. The lowest BCUT2D eigenvalue weighted by Crippen LogP contribution is -2.39. The van der Waals surface area contributed by atoms with Crippen LogP contribution in [0.5, 0.6) is 0 Å². The van der Waals surface area contributed by atoms with Crippen molar-refractivity contribution in [3.05, 3.63) is 0 Å². The maximum absolute atomic E-state index is 11.4. The molecule has 0 saturated heterocycles. The highest BCUT2D eigenvalue weighted by Crippen LogP contribution is 2.27. The molecule has 0 aromatic carbocycles. The third kappa shape index (κ3) is 3.45. The van der Waals surface area contributed by atoms with Gasteiger partial charge in [0.2, 0.25) is 0 Å². The standard InChI is InChI=1S/C14H25NO3/c1-18-14(17)10-5-7-12(8-6-10)15-9-11-3-2-4-13(11)16/h10-13,15-16H,2-9H2,1H3. The molecule has 2 unspecified atom stereocenters. The molecular weight excluding hydrogens is 230 g/mol. The van der Waals surface area contributed by atoms with E-state index in [1.165, 1.54) is 7.11 Å². The molecule has 2 N–H and O–H groups in total. The van der Waals surface area contributed by atoms with E-state index in [0.29, 0.717) is 12.0 Å². The topological polar surface area (TPSA) is 58.6 Å². The number of aliphatic hydroxyl groups is 1. The summed E-state index contributed by atoms with van der Waals surface area (Å²) in [5.74, 6) is 0.480. The number of carbonyl (C=O) groups excluding carboxylic acids is 1. The maximum atomic E-state index is 11.4. The molecule has 0 spiro atoms. The Hall–Kier alpha value is -0.610. The van der Waals surface area contributed by atoms with Gasteiger partial charge in [0.25, 0.3) is 0 Å². The summed E-state index contributed by atoms with van der Waals surface area (Å²) in [5.41, 5.74) is 0. The van der Waals surface area contributed by atoms with Gasteiger partial charge in [0, 0.05) is 12.6 Å². The Morgan fingerprint density at radius 3 is 2.50 bits per heavy atom. The number of methoxy groups -OCH3 is 1. The lowest BCUT2D eigenvalue weighted by Gasteiger charge is -2.29. The van der Waals surface area contributed by atoms with E-state index in [4.69, 9.17) is 4.74 Å². The summed E-state index contributed by atoms with van der Waals surface area (Å²) in [4.78, 5) is 11.4. The molecule has 0 aromatic heterocycles. The molecule has 2 saturated carbocycles. The number of esters is 1. The minimum absolute atomic E-state index is 0.0559. The SMILES string of the molecule is COC(=O)C1CCC(NCC2CCCC2O)CC1. The van der Waals surface area contributed by atoms with Crippen molar-refractivity contribution in [3.8, 4) is 0 Å². The molecule has 0 heterocycles. The molecule has 0 radical (unpaired) electrons. The largest absolute Gasteiger partial charge is 0.469 e. The summed E-state index contributed by atoms with van der Waals surface area (Å²) in [7, 11) is 1.47. The molecule has 18 heavy (non-hydrogen) atoms. The second-order valence-corrected chi connectivity index (χ2v) is 5.74. The van der Waals surface area contributed by atoms with Gasteiger partial charge < -0.3 is 15.2 Å². The quantitative estimate of drug-likeness (QED) is 0.747. The van der Waals surface area contributed by atoms with Gasteiger partial charge in [0.15, 0.2) is 0 Å². The van der Waals surface area contributed by atoms with E-state index >= 15 is 0 Å². The second kappa shape index (κ2) is 6.53. The molecule has 104 valence electrons. The zero-order chi connectivity index (χ0) is 13.0. The Bertz CT molecular complexity index is 274. The van der Waals surface area contributed by atoms with Crippen molar-refractivity contribution in [2.75, 3.05) is 13.7 Å². The van der Waals surface area contributed by atoms with Crippen LogP contribution in [0.4, 0.5) is 0 Å². The average Bonchev–Trinajstić information content (AvgIpc) is 2.81. The molecule has 2 rings (SSSR count). The fourth-order valence-electron chi connectivity index (χ4n) is 3.27. The molecule has 2 aliphatic rings. The van der Waals surface area contributed by atoms with Crippen LogP contribution in [-0.2, 0) is 9.53 Å². The highest BCUT2D eigenvalue weighted by molar-refractivity contribution is 5.72. The van der Waals surface area contributed by atoms with E-state index in [1.807, 2.05) is 0 Å². The zero-order valence-corrected chi connectivity index (χ0v) is 11.2. The van der Waals surface area contributed by atoms with Crippen LogP contribution in [-0.4, -0.2) is 36.9 Å². The van der Waals surface area contributed by atoms with Gasteiger partial charge in [0.05, 0.1) is 19.1 Å². The zero-order valence-electron chi connectivity index (χ0n) is 11.2. The Balaban J connectivity index is 1.66. The summed E-state index contributed by atoms with van der Waals surface area (Å²) in [6.45, 7) is 0.925. The summed E-state index contributed by atoms with van der Waals surface area (Å²) in [6, 6.07) is 0.513. The van der Waals surface area contributed by atoms with Crippen LogP contribution in [0, 0.1) is 11.8 Å². The second-order valence-electron chi connectivity index (χ2n) is 5.74. The molecule has 0 aromatic rings. The van der Waals surface area contributed by atoms with E-state index in [9.17, 15) is 9.90 Å². The van der Waals surface area contributed by atoms with Gasteiger partial charge >= 0.3 is 5.97 Å². The number of aliphatic hydroxyl groups excluding tert-OH is 1. The summed E-state index contributed by atoms with van der Waals surface area (Å²) < 4.78 is 4.79. The van der Waals surface area contributed by atoms with Crippen LogP contribution in [0.1, 0.15) is 44.9 Å². The first kappa shape index (κ1) is 13.8. The average molecular weight is 255 g/mol. The Morgan fingerprint density at radius 2 is 1.94 bits per heavy atom. The van der Waals surface area contributed by atoms with Crippen LogP contribution >= 0.6 is 0 Å². The van der Waals surface area contributed by atoms with Crippen molar-refractivity contribution in [1.29, 1.82) is 0 Å². The predicted molar refractivity (Wildman–Crippen MR) is 69.1 cm³/mol. The first-order valence-corrected chi connectivity index (χ1v) is 7.20. The van der Waals surface area contributed by atoms with E-state index in [1.54, 1.807) is 0 Å². The van der Waals surface area contributed by atoms with Gasteiger partial charge in [-0.1, -0.05) is 6.42 Å². The van der Waals surface area contributed by atoms with Crippen LogP contribution in [0.15, 0.2) is 0 Å². The molecule has 4 heteroatoms. The molecule has 2 aliphatic carbocycles. The van der Waals surface area contributed by atoms with Crippen molar-refractivity contribution in [1.82, 2.24) is 5.32 Å². The van der Waals surface area contributed by atoms with Gasteiger partial charge in [-0.05, 0) is 44.4 Å². The number of carbonyl (C=O) groups is 1. The first-order valence-electron chi connectivity index (χ1n) is 7.20. The monoisotopic (exact) mass is 255 g/mol. The van der Waals surface area contributed by atoms with Crippen molar-refractivity contribution in [3.63, 3.8) is 0 Å². The number of hydrogen-bond acceptors (Lipinski definition) is 4. The van der Waals surface area contributed by atoms with E-state index in [0.717, 1.165) is 51.5 Å². The molecule has 0 amide bonds. The Morgan fingerprint density at radius 1 is 1.22 bits per heavy atom.